The van der Waals surface area contributed by atoms with Gasteiger partial charge in [-0.25, -0.2) is 0 Å². The number of hydrogen-bond acceptors (Lipinski definition) is 2. The Morgan fingerprint density at radius 1 is 0.397 bits per heavy atom. The van der Waals surface area contributed by atoms with E-state index in [1.165, 1.54) is 72.1 Å². The lowest BCUT2D eigenvalue weighted by Crippen LogP contribution is -2.63. The van der Waals surface area contributed by atoms with Crippen LogP contribution in [0, 0.1) is 0 Å². The number of hydrogen-bond donors (Lipinski definition) is 0. The SMILES string of the molecule is CC(C)(C)c1ccc(N(c2ccccc2)c2ccc3c4c(ccc3c2)-c2c(cc(N(c3ccccc3)c3ccc(C(C)(C)C)cc3)c3ccccc23)C4([Si](C)(C)C)[Si](C)(C)C)cc1. The summed E-state index contributed by atoms with van der Waals surface area (Å²) in [5, 5.41) is 5.29. The molecule has 2 nitrogen and oxygen atoms in total. The van der Waals surface area contributed by atoms with Gasteiger partial charge in [-0.2, -0.15) is 0 Å². The van der Waals surface area contributed by atoms with Gasteiger partial charge >= 0.3 is 0 Å². The Hall–Kier alpha value is -5.69. The van der Waals surface area contributed by atoms with Gasteiger partial charge in [0.1, 0.15) is 0 Å². The zero-order valence-electron chi connectivity index (χ0n) is 39.6. The number of nitrogens with zero attached hydrogens (tertiary/aromatic N) is 2. The molecule has 0 N–H and O–H groups in total. The Kier molecular flexibility index (Phi) is 10.3. The quantitative estimate of drug-likeness (QED) is 0.141. The normalized spacial score (nSPS) is 13.8. The third kappa shape index (κ3) is 7.07. The molecule has 0 aliphatic heterocycles. The maximum absolute atomic E-state index is 2.65. The number of fused-ring (bicyclic) bond motifs is 7. The van der Waals surface area contributed by atoms with E-state index in [-0.39, 0.29) is 15.5 Å². The largest absolute Gasteiger partial charge is 0.310 e. The van der Waals surface area contributed by atoms with Crippen LogP contribution in [-0.4, -0.2) is 16.1 Å². The fourth-order valence-corrected chi connectivity index (χ4v) is 24.3. The van der Waals surface area contributed by atoms with Crippen LogP contribution in [0.5, 0.6) is 0 Å². The summed E-state index contributed by atoms with van der Waals surface area (Å²) in [5.74, 6) is 0. The Labute approximate surface area is 379 Å². The summed E-state index contributed by atoms with van der Waals surface area (Å²) in [6.45, 7) is 29.6. The number of anilines is 6. The van der Waals surface area contributed by atoms with E-state index in [1.807, 2.05) is 0 Å². The van der Waals surface area contributed by atoms with E-state index in [0.717, 1.165) is 11.4 Å². The number of rotatable bonds is 8. The summed E-state index contributed by atoms with van der Waals surface area (Å²) in [4.78, 5) is 4.94. The third-order valence-corrected chi connectivity index (χ3v) is 23.9. The first kappa shape index (κ1) is 42.6. The monoisotopic (exact) mass is 856 g/mol. The molecule has 0 fully saturated rings. The molecule has 0 saturated heterocycles. The second kappa shape index (κ2) is 15.2. The molecule has 1 aliphatic carbocycles. The fourth-order valence-electron chi connectivity index (χ4n) is 11.3. The van der Waals surface area contributed by atoms with Gasteiger partial charge in [-0.1, -0.05) is 184 Å². The van der Waals surface area contributed by atoms with E-state index in [2.05, 4.69) is 260 Å². The molecule has 9 rings (SSSR count). The molecule has 0 atom stereocenters. The van der Waals surface area contributed by atoms with Crippen molar-refractivity contribution >= 4 is 71.8 Å². The van der Waals surface area contributed by atoms with Gasteiger partial charge in [-0.05, 0) is 127 Å². The molecule has 1 aliphatic rings. The van der Waals surface area contributed by atoms with Gasteiger partial charge in [0.15, 0.2) is 0 Å². The summed E-state index contributed by atoms with van der Waals surface area (Å²) in [5.41, 5.74) is 15.8. The van der Waals surface area contributed by atoms with Gasteiger partial charge in [0.25, 0.3) is 0 Å². The van der Waals surface area contributed by atoms with Gasteiger partial charge in [0.05, 0.1) is 21.8 Å². The lowest BCUT2D eigenvalue weighted by atomic mass is 9.87. The Balaban J connectivity index is 1.31. The van der Waals surface area contributed by atoms with Crippen LogP contribution in [0.15, 0.2) is 170 Å². The highest BCUT2D eigenvalue weighted by Crippen LogP contribution is 2.62. The molecule has 4 heteroatoms. The third-order valence-electron chi connectivity index (χ3n) is 13.8. The van der Waals surface area contributed by atoms with E-state index in [0.29, 0.717) is 0 Å². The van der Waals surface area contributed by atoms with Crippen LogP contribution in [0.2, 0.25) is 39.3 Å². The van der Waals surface area contributed by atoms with E-state index in [1.54, 1.807) is 5.56 Å². The van der Waals surface area contributed by atoms with Gasteiger partial charge in [0.2, 0.25) is 0 Å². The van der Waals surface area contributed by atoms with Crippen molar-refractivity contribution in [3.63, 3.8) is 0 Å². The average Bonchev–Trinajstić information content (AvgIpc) is 3.57. The van der Waals surface area contributed by atoms with Gasteiger partial charge in [0, 0.05) is 38.5 Å². The second-order valence-corrected chi connectivity index (χ2v) is 32.9. The number of benzene rings is 8. The summed E-state index contributed by atoms with van der Waals surface area (Å²) in [6.07, 6.45) is 0. The highest BCUT2D eigenvalue weighted by molar-refractivity contribution is 7.00. The fraction of sp³-hybridized carbons (Fsp3) is 0.254. The molecule has 63 heavy (non-hydrogen) atoms. The first-order valence-corrected chi connectivity index (χ1v) is 29.9. The Morgan fingerprint density at radius 2 is 0.841 bits per heavy atom. The summed E-state index contributed by atoms with van der Waals surface area (Å²) in [6, 6.07) is 64.4. The van der Waals surface area contributed by atoms with Crippen molar-refractivity contribution in [2.24, 2.45) is 0 Å². The minimum absolute atomic E-state index is 0.0670. The molecule has 0 bridgehead atoms. The van der Waals surface area contributed by atoms with Crippen molar-refractivity contribution in [3.8, 4) is 11.1 Å². The molecule has 0 radical (unpaired) electrons. The highest BCUT2D eigenvalue weighted by atomic mass is 28.4. The van der Waals surface area contributed by atoms with E-state index >= 15 is 0 Å². The van der Waals surface area contributed by atoms with Crippen molar-refractivity contribution in [2.75, 3.05) is 9.80 Å². The van der Waals surface area contributed by atoms with Crippen molar-refractivity contribution in [3.05, 3.63) is 192 Å². The van der Waals surface area contributed by atoms with Crippen molar-refractivity contribution in [2.45, 2.75) is 96.3 Å². The molecule has 0 spiro atoms. The van der Waals surface area contributed by atoms with Gasteiger partial charge in [-0.3, -0.25) is 0 Å². The van der Waals surface area contributed by atoms with Crippen LogP contribution >= 0.6 is 0 Å². The minimum Gasteiger partial charge on any atom is -0.310 e. The van der Waals surface area contributed by atoms with Gasteiger partial charge < -0.3 is 9.80 Å². The molecule has 8 aromatic carbocycles. The van der Waals surface area contributed by atoms with Crippen LogP contribution in [0.25, 0.3) is 32.7 Å². The molecule has 0 saturated carbocycles. The van der Waals surface area contributed by atoms with Crippen LogP contribution in [0.1, 0.15) is 63.8 Å². The molecule has 318 valence electrons. The molecule has 0 heterocycles. The molecule has 0 amide bonds. The predicted molar refractivity (Wildman–Crippen MR) is 281 cm³/mol. The summed E-state index contributed by atoms with van der Waals surface area (Å²) >= 11 is 0. The molecular weight excluding hydrogens is 793 g/mol. The maximum atomic E-state index is 2.65. The Bertz CT molecular complexity index is 2950. The smallest absolute Gasteiger partial charge is 0.0579 e. The maximum Gasteiger partial charge on any atom is 0.0579 e. The molecular formula is C59H64N2Si2. The lowest BCUT2D eigenvalue weighted by Gasteiger charge is -2.52. The van der Waals surface area contributed by atoms with Crippen molar-refractivity contribution in [1.82, 2.24) is 0 Å². The molecule has 0 unspecified atom stereocenters. The number of para-hydroxylation sites is 2. The average molecular weight is 857 g/mol. The lowest BCUT2D eigenvalue weighted by molar-refractivity contribution is 0.590. The summed E-state index contributed by atoms with van der Waals surface area (Å²) in [7, 11) is -4.18. The highest BCUT2D eigenvalue weighted by Gasteiger charge is 2.60. The van der Waals surface area contributed by atoms with E-state index in [4.69, 9.17) is 0 Å². The first-order chi connectivity index (χ1) is 29.8. The van der Waals surface area contributed by atoms with Crippen LogP contribution in [-0.2, 0) is 15.5 Å². The first-order valence-electron chi connectivity index (χ1n) is 22.9. The minimum atomic E-state index is -2.09. The van der Waals surface area contributed by atoms with Crippen LogP contribution < -0.4 is 9.80 Å². The van der Waals surface area contributed by atoms with Crippen molar-refractivity contribution in [1.29, 1.82) is 0 Å². The zero-order valence-corrected chi connectivity index (χ0v) is 41.6. The molecule has 8 aromatic rings. The standard InChI is InChI=1S/C59H64N2Si2/c1-57(2,3)42-28-32-46(33-29-42)60(44-21-15-13-16-22-44)48-36-38-49-41(39-48)27-37-52-55-51-26-20-19-25-50(51)54(40-53(55)59(56(49)52,62(7,8)9)63(10,11)12)61(45-23-17-14-18-24-45)47-34-30-43(31-35-47)58(4,5)6/h13-40H,1-12H3. The topological polar surface area (TPSA) is 6.48 Å². The van der Waals surface area contributed by atoms with Crippen LogP contribution in [0.3, 0.4) is 0 Å². The predicted octanol–water partition coefficient (Wildman–Crippen LogP) is 17.5. The van der Waals surface area contributed by atoms with Crippen LogP contribution in [0.4, 0.5) is 34.1 Å². The zero-order chi connectivity index (χ0) is 44.7. The second-order valence-electron chi connectivity index (χ2n) is 21.9. The van der Waals surface area contributed by atoms with E-state index in [9.17, 15) is 0 Å². The van der Waals surface area contributed by atoms with E-state index < -0.39 is 16.1 Å². The Morgan fingerprint density at radius 3 is 1.35 bits per heavy atom. The van der Waals surface area contributed by atoms with Gasteiger partial charge in [-0.15, -0.1) is 0 Å². The summed E-state index contributed by atoms with van der Waals surface area (Å²) < 4.78 is -0.0924. The van der Waals surface area contributed by atoms with Crippen molar-refractivity contribution < 1.29 is 0 Å². The molecule has 0 aromatic heterocycles.